The molecule has 2 aromatic rings. The van der Waals surface area contributed by atoms with Gasteiger partial charge in [-0.25, -0.2) is 4.99 Å². The molecule has 22 heavy (non-hydrogen) atoms. The molecule has 0 aromatic heterocycles. The van der Waals surface area contributed by atoms with Crippen LogP contribution in [0.2, 0.25) is 0 Å². The number of rotatable bonds is 5. The van der Waals surface area contributed by atoms with Gasteiger partial charge in [0.05, 0.1) is 26.5 Å². The number of anilines is 1. The summed E-state index contributed by atoms with van der Waals surface area (Å²) in [6, 6.07) is 12.6. The van der Waals surface area contributed by atoms with Gasteiger partial charge in [0.2, 0.25) is 0 Å². The van der Waals surface area contributed by atoms with E-state index in [2.05, 4.69) is 10.3 Å². The summed E-state index contributed by atoms with van der Waals surface area (Å²) in [6.07, 6.45) is 0. The van der Waals surface area contributed by atoms with Gasteiger partial charge in [0.15, 0.2) is 17.5 Å². The van der Waals surface area contributed by atoms with E-state index in [0.29, 0.717) is 17.1 Å². The molecule has 0 saturated heterocycles. The molecule has 0 heterocycles. The molecule has 0 aliphatic heterocycles. The largest absolute Gasteiger partial charge is 0.504 e. The molecule has 2 rings (SSSR count). The SMILES string of the molecule is COc1ccccc1NC(N)=NCc1cccc(OC)c1O. The van der Waals surface area contributed by atoms with E-state index in [1.165, 1.54) is 7.11 Å². The standard InChI is InChI=1S/C16H19N3O3/c1-21-13-8-4-3-7-12(13)19-16(17)18-10-11-6-5-9-14(22-2)15(11)20/h3-9,20H,10H2,1-2H3,(H3,17,18,19). The molecule has 0 amide bonds. The summed E-state index contributed by atoms with van der Waals surface area (Å²) in [5, 5.41) is 13.0. The number of aromatic hydroxyl groups is 1. The number of phenolic OH excluding ortho intramolecular Hbond substituents is 1. The second-order valence-electron chi connectivity index (χ2n) is 4.49. The molecule has 116 valence electrons. The molecule has 6 heteroatoms. The van der Waals surface area contributed by atoms with Crippen LogP contribution >= 0.6 is 0 Å². The molecule has 6 nitrogen and oxygen atoms in total. The van der Waals surface area contributed by atoms with Gasteiger partial charge < -0.3 is 25.6 Å². The lowest BCUT2D eigenvalue weighted by atomic mass is 10.2. The number of para-hydroxylation sites is 3. The number of guanidine groups is 1. The topological polar surface area (TPSA) is 89.1 Å². The second kappa shape index (κ2) is 7.21. The van der Waals surface area contributed by atoms with Crippen LogP contribution in [0.25, 0.3) is 0 Å². The quantitative estimate of drug-likeness (QED) is 0.582. The number of benzene rings is 2. The van der Waals surface area contributed by atoms with E-state index in [1.807, 2.05) is 24.3 Å². The summed E-state index contributed by atoms with van der Waals surface area (Å²) >= 11 is 0. The van der Waals surface area contributed by atoms with Gasteiger partial charge in [-0.2, -0.15) is 0 Å². The van der Waals surface area contributed by atoms with E-state index in [4.69, 9.17) is 15.2 Å². The minimum absolute atomic E-state index is 0.0684. The van der Waals surface area contributed by atoms with E-state index < -0.39 is 0 Å². The number of nitrogens with two attached hydrogens (primary N) is 1. The van der Waals surface area contributed by atoms with Crippen LogP contribution in [-0.4, -0.2) is 25.3 Å². The van der Waals surface area contributed by atoms with E-state index in [-0.39, 0.29) is 18.3 Å². The molecule has 4 N–H and O–H groups in total. The molecular formula is C16H19N3O3. The first-order valence-corrected chi connectivity index (χ1v) is 6.70. The van der Waals surface area contributed by atoms with Crippen LogP contribution in [0.3, 0.4) is 0 Å². The zero-order valence-electron chi connectivity index (χ0n) is 12.5. The summed E-state index contributed by atoms with van der Waals surface area (Å²) < 4.78 is 10.3. The summed E-state index contributed by atoms with van der Waals surface area (Å²) in [7, 11) is 3.09. The van der Waals surface area contributed by atoms with Crippen molar-refractivity contribution in [3.05, 3.63) is 48.0 Å². The van der Waals surface area contributed by atoms with Crippen molar-refractivity contribution in [3.63, 3.8) is 0 Å². The van der Waals surface area contributed by atoms with Crippen molar-refractivity contribution in [1.82, 2.24) is 0 Å². The van der Waals surface area contributed by atoms with Crippen molar-refractivity contribution < 1.29 is 14.6 Å². The highest BCUT2D eigenvalue weighted by Crippen LogP contribution is 2.29. The molecule has 0 spiro atoms. The molecule has 0 fully saturated rings. The minimum Gasteiger partial charge on any atom is -0.504 e. The smallest absolute Gasteiger partial charge is 0.193 e. The Morgan fingerprint density at radius 3 is 2.50 bits per heavy atom. The van der Waals surface area contributed by atoms with Crippen molar-refractivity contribution in [2.45, 2.75) is 6.54 Å². The van der Waals surface area contributed by atoms with Crippen LogP contribution in [0.1, 0.15) is 5.56 Å². The highest BCUT2D eigenvalue weighted by atomic mass is 16.5. The number of aliphatic imine (C=N–C) groups is 1. The fourth-order valence-corrected chi connectivity index (χ4v) is 1.96. The first kappa shape index (κ1) is 15.5. The van der Waals surface area contributed by atoms with Crippen molar-refractivity contribution >= 4 is 11.6 Å². The minimum atomic E-state index is 0.0684. The molecular weight excluding hydrogens is 282 g/mol. The van der Waals surface area contributed by atoms with Crippen LogP contribution in [0.5, 0.6) is 17.2 Å². The highest BCUT2D eigenvalue weighted by Gasteiger charge is 2.07. The molecule has 0 unspecified atom stereocenters. The summed E-state index contributed by atoms with van der Waals surface area (Å²) in [5.41, 5.74) is 7.22. The van der Waals surface area contributed by atoms with Crippen molar-refractivity contribution in [3.8, 4) is 17.2 Å². The van der Waals surface area contributed by atoms with Gasteiger partial charge in [0.25, 0.3) is 0 Å². The van der Waals surface area contributed by atoms with Crippen molar-refractivity contribution in [2.75, 3.05) is 19.5 Å². The number of nitrogens with one attached hydrogen (secondary N) is 1. The van der Waals surface area contributed by atoms with E-state index in [1.54, 1.807) is 25.3 Å². The Hall–Kier alpha value is -2.89. The molecule has 0 saturated carbocycles. The average Bonchev–Trinajstić information content (AvgIpc) is 2.54. The van der Waals surface area contributed by atoms with E-state index >= 15 is 0 Å². The summed E-state index contributed by atoms with van der Waals surface area (Å²) in [4.78, 5) is 4.21. The summed E-state index contributed by atoms with van der Waals surface area (Å²) in [5.74, 6) is 1.37. The normalized spacial score (nSPS) is 11.1. The number of hydrogen-bond donors (Lipinski definition) is 3. The first-order valence-electron chi connectivity index (χ1n) is 6.70. The lowest BCUT2D eigenvalue weighted by Gasteiger charge is -2.10. The predicted octanol–water partition coefficient (Wildman–Crippen LogP) is 2.34. The molecule has 0 atom stereocenters. The second-order valence-corrected chi connectivity index (χ2v) is 4.49. The van der Waals surface area contributed by atoms with Gasteiger partial charge in [0.1, 0.15) is 5.75 Å². The van der Waals surface area contributed by atoms with Gasteiger partial charge in [-0.15, -0.1) is 0 Å². The monoisotopic (exact) mass is 301 g/mol. The summed E-state index contributed by atoms with van der Waals surface area (Å²) in [6.45, 7) is 0.233. The third kappa shape index (κ3) is 3.60. The maximum Gasteiger partial charge on any atom is 0.193 e. The van der Waals surface area contributed by atoms with Crippen molar-refractivity contribution in [1.29, 1.82) is 0 Å². The number of hydrogen-bond acceptors (Lipinski definition) is 4. The lowest BCUT2D eigenvalue weighted by Crippen LogP contribution is -2.22. The van der Waals surface area contributed by atoms with Crippen LogP contribution in [0.4, 0.5) is 5.69 Å². The Labute approximate surface area is 129 Å². The Morgan fingerprint density at radius 1 is 1.09 bits per heavy atom. The predicted molar refractivity (Wildman–Crippen MR) is 86.6 cm³/mol. The first-order chi connectivity index (χ1) is 10.7. The third-order valence-electron chi connectivity index (χ3n) is 3.09. The Morgan fingerprint density at radius 2 is 1.77 bits per heavy atom. The number of methoxy groups -OCH3 is 2. The highest BCUT2D eigenvalue weighted by molar-refractivity contribution is 5.93. The number of ether oxygens (including phenoxy) is 2. The van der Waals surface area contributed by atoms with E-state index in [9.17, 15) is 5.11 Å². The maximum atomic E-state index is 10.00. The zero-order chi connectivity index (χ0) is 15.9. The molecule has 0 aliphatic carbocycles. The Kier molecular flexibility index (Phi) is 5.08. The van der Waals surface area contributed by atoms with Gasteiger partial charge in [0, 0.05) is 5.56 Å². The number of nitrogens with zero attached hydrogens (tertiary/aromatic N) is 1. The molecule has 0 bridgehead atoms. The van der Waals surface area contributed by atoms with Gasteiger partial charge in [-0.05, 0) is 18.2 Å². The van der Waals surface area contributed by atoms with Gasteiger partial charge in [-0.1, -0.05) is 24.3 Å². The average molecular weight is 301 g/mol. The zero-order valence-corrected chi connectivity index (χ0v) is 12.5. The maximum absolute atomic E-state index is 10.00. The number of phenols is 1. The van der Waals surface area contributed by atoms with Gasteiger partial charge in [-0.3, -0.25) is 0 Å². The molecule has 0 radical (unpaired) electrons. The van der Waals surface area contributed by atoms with Crippen LogP contribution < -0.4 is 20.5 Å². The molecule has 2 aromatic carbocycles. The van der Waals surface area contributed by atoms with Crippen LogP contribution in [0.15, 0.2) is 47.5 Å². The Bertz CT molecular complexity index is 671. The van der Waals surface area contributed by atoms with Crippen LogP contribution in [0, 0.1) is 0 Å². The van der Waals surface area contributed by atoms with E-state index in [0.717, 1.165) is 5.69 Å². The third-order valence-corrected chi connectivity index (χ3v) is 3.09. The van der Waals surface area contributed by atoms with Gasteiger partial charge >= 0.3 is 0 Å². The molecule has 0 aliphatic rings. The van der Waals surface area contributed by atoms with Crippen molar-refractivity contribution in [2.24, 2.45) is 10.7 Å². The lowest BCUT2D eigenvalue weighted by molar-refractivity contribution is 0.370. The fourth-order valence-electron chi connectivity index (χ4n) is 1.96. The Balaban J connectivity index is 2.10. The fraction of sp³-hybridized carbons (Fsp3) is 0.188. The van der Waals surface area contributed by atoms with Crippen LogP contribution in [-0.2, 0) is 6.54 Å².